The maximum Gasteiger partial charge on any atom is 0.340 e. The minimum atomic E-state index is -0.797. The van der Waals surface area contributed by atoms with Crippen molar-refractivity contribution in [1.29, 1.82) is 0 Å². The number of esters is 2. The molecule has 8 heteroatoms. The molecule has 27 heavy (non-hydrogen) atoms. The number of halogens is 1. The van der Waals surface area contributed by atoms with Crippen molar-refractivity contribution in [2.24, 2.45) is 5.73 Å². The van der Waals surface area contributed by atoms with Crippen molar-refractivity contribution in [2.75, 3.05) is 33.9 Å². The lowest BCUT2D eigenvalue weighted by Gasteiger charge is -2.32. The molecule has 0 radical (unpaired) electrons. The van der Waals surface area contributed by atoms with Crippen LogP contribution in [0.25, 0.3) is 0 Å². The summed E-state index contributed by atoms with van der Waals surface area (Å²) < 4.78 is 15.9. The molecule has 1 heterocycles. The summed E-state index contributed by atoms with van der Waals surface area (Å²) in [6.07, 6.45) is 1.56. The third-order valence-corrected chi connectivity index (χ3v) is 4.32. The van der Waals surface area contributed by atoms with Gasteiger partial charge in [0.2, 0.25) is 5.88 Å². The number of ether oxygens (including phenoxy) is 3. The van der Waals surface area contributed by atoms with E-state index in [0.29, 0.717) is 10.6 Å². The van der Waals surface area contributed by atoms with Crippen LogP contribution in [0, 0.1) is 0 Å². The van der Waals surface area contributed by atoms with Crippen molar-refractivity contribution in [2.45, 2.75) is 12.8 Å². The second-order valence-electron chi connectivity index (χ2n) is 5.72. The Morgan fingerprint density at radius 2 is 1.96 bits per heavy atom. The first-order valence-corrected chi connectivity index (χ1v) is 8.85. The van der Waals surface area contributed by atoms with Crippen molar-refractivity contribution >= 4 is 23.5 Å². The van der Waals surface area contributed by atoms with Gasteiger partial charge in [-0.25, -0.2) is 9.59 Å². The predicted molar refractivity (Wildman–Crippen MR) is 101 cm³/mol. The van der Waals surface area contributed by atoms with E-state index in [0.717, 1.165) is 0 Å². The molecule has 0 aromatic heterocycles. The number of hydrogen-bond donors (Lipinski definition) is 1. The topological polar surface area (TPSA) is 91.1 Å². The van der Waals surface area contributed by atoms with Gasteiger partial charge in [-0.15, -0.1) is 0 Å². The highest BCUT2D eigenvalue weighted by Gasteiger charge is 2.40. The van der Waals surface area contributed by atoms with Crippen molar-refractivity contribution in [3.63, 3.8) is 0 Å². The van der Waals surface area contributed by atoms with Gasteiger partial charge in [0.1, 0.15) is 12.2 Å². The monoisotopic (exact) mass is 394 g/mol. The van der Waals surface area contributed by atoms with Crippen LogP contribution in [0.1, 0.15) is 18.4 Å². The average Bonchev–Trinajstić information content (AvgIpc) is 2.66. The molecule has 0 saturated heterocycles. The summed E-state index contributed by atoms with van der Waals surface area (Å²) in [5.41, 5.74) is 6.53. The van der Waals surface area contributed by atoms with Crippen molar-refractivity contribution < 1.29 is 23.8 Å². The molecule has 1 atom stereocenters. The molecule has 1 aromatic carbocycles. The van der Waals surface area contributed by atoms with E-state index in [9.17, 15) is 9.59 Å². The minimum Gasteiger partial charge on any atom is -0.477 e. The van der Waals surface area contributed by atoms with Crippen LogP contribution < -0.4 is 5.73 Å². The van der Waals surface area contributed by atoms with Crippen LogP contribution in [-0.2, 0) is 23.8 Å². The number of carbonyl (C=O) groups is 2. The lowest BCUT2D eigenvalue weighted by molar-refractivity contribution is -0.139. The lowest BCUT2D eigenvalue weighted by Crippen LogP contribution is -2.33. The van der Waals surface area contributed by atoms with Crippen LogP contribution in [-0.4, -0.2) is 50.8 Å². The SMILES string of the molecule is CCOC(=O)C1=C(OCCN)N(C)C=C(C(=O)OC)C1c1ccccc1Cl. The van der Waals surface area contributed by atoms with Gasteiger partial charge in [0, 0.05) is 24.8 Å². The van der Waals surface area contributed by atoms with Crippen LogP contribution in [0.5, 0.6) is 0 Å². The van der Waals surface area contributed by atoms with Crippen LogP contribution in [0.2, 0.25) is 5.02 Å². The molecule has 1 unspecified atom stereocenters. The highest BCUT2D eigenvalue weighted by Crippen LogP contribution is 2.42. The largest absolute Gasteiger partial charge is 0.477 e. The van der Waals surface area contributed by atoms with Gasteiger partial charge in [-0.1, -0.05) is 29.8 Å². The Kier molecular flexibility index (Phi) is 7.27. The zero-order valence-corrected chi connectivity index (χ0v) is 16.3. The molecule has 1 aromatic rings. The predicted octanol–water partition coefficient (Wildman–Crippen LogP) is 2.18. The average molecular weight is 395 g/mol. The highest BCUT2D eigenvalue weighted by molar-refractivity contribution is 6.31. The molecule has 0 fully saturated rings. The summed E-state index contributed by atoms with van der Waals surface area (Å²) in [7, 11) is 2.94. The first-order chi connectivity index (χ1) is 13.0. The van der Waals surface area contributed by atoms with E-state index in [-0.39, 0.29) is 36.8 Å². The summed E-state index contributed by atoms with van der Waals surface area (Å²) in [6.45, 7) is 2.33. The lowest BCUT2D eigenvalue weighted by atomic mass is 9.83. The standard InChI is InChI=1S/C19H23ClN2O5/c1-4-26-19(24)16-15(12-7-5-6-8-14(12)20)13(18(23)25-3)11-22(2)17(16)27-10-9-21/h5-8,11,15H,4,9-10,21H2,1-3H3. The number of hydrogen-bond acceptors (Lipinski definition) is 7. The van der Waals surface area contributed by atoms with Crippen LogP contribution in [0.4, 0.5) is 0 Å². The number of methoxy groups -OCH3 is 1. The normalized spacial score (nSPS) is 16.7. The van der Waals surface area contributed by atoms with Crippen LogP contribution in [0.15, 0.2) is 47.5 Å². The summed E-state index contributed by atoms with van der Waals surface area (Å²) in [5, 5.41) is 0.404. The fourth-order valence-electron chi connectivity index (χ4n) is 2.88. The van der Waals surface area contributed by atoms with Gasteiger partial charge >= 0.3 is 11.9 Å². The fourth-order valence-corrected chi connectivity index (χ4v) is 3.13. The maximum absolute atomic E-state index is 12.8. The summed E-state index contributed by atoms with van der Waals surface area (Å²) in [4.78, 5) is 26.8. The Hall–Kier alpha value is -2.51. The molecule has 1 aliphatic rings. The Morgan fingerprint density at radius 3 is 2.56 bits per heavy atom. The smallest absolute Gasteiger partial charge is 0.340 e. The molecular weight excluding hydrogens is 372 g/mol. The van der Waals surface area contributed by atoms with E-state index in [1.807, 2.05) is 0 Å². The van der Waals surface area contributed by atoms with E-state index >= 15 is 0 Å². The van der Waals surface area contributed by atoms with Gasteiger partial charge in [0.25, 0.3) is 0 Å². The number of rotatable bonds is 7. The van der Waals surface area contributed by atoms with E-state index in [4.69, 9.17) is 31.5 Å². The molecule has 1 aliphatic heterocycles. The van der Waals surface area contributed by atoms with Crippen molar-refractivity contribution in [3.8, 4) is 0 Å². The van der Waals surface area contributed by atoms with Crippen molar-refractivity contribution in [3.05, 3.63) is 58.1 Å². The van der Waals surface area contributed by atoms with Crippen LogP contribution in [0.3, 0.4) is 0 Å². The van der Waals surface area contributed by atoms with Gasteiger partial charge in [-0.3, -0.25) is 0 Å². The Balaban J connectivity index is 2.71. The zero-order valence-electron chi connectivity index (χ0n) is 15.5. The minimum absolute atomic E-state index is 0.169. The third-order valence-electron chi connectivity index (χ3n) is 3.97. The van der Waals surface area contributed by atoms with Gasteiger partial charge in [-0.2, -0.15) is 0 Å². The quantitative estimate of drug-likeness (QED) is 0.708. The first-order valence-electron chi connectivity index (χ1n) is 8.47. The highest BCUT2D eigenvalue weighted by atomic mass is 35.5. The molecular formula is C19H23ClN2O5. The second-order valence-corrected chi connectivity index (χ2v) is 6.13. The van der Waals surface area contributed by atoms with E-state index in [1.54, 1.807) is 49.3 Å². The Morgan fingerprint density at radius 1 is 1.26 bits per heavy atom. The maximum atomic E-state index is 12.8. The summed E-state index contributed by atoms with van der Waals surface area (Å²) in [6, 6.07) is 6.97. The number of nitrogens with two attached hydrogens (primary N) is 1. The zero-order chi connectivity index (χ0) is 20.0. The molecule has 0 aliphatic carbocycles. The van der Waals surface area contributed by atoms with Crippen molar-refractivity contribution in [1.82, 2.24) is 4.90 Å². The summed E-state index contributed by atoms with van der Waals surface area (Å²) in [5.74, 6) is -1.71. The molecule has 0 spiro atoms. The van der Waals surface area contributed by atoms with E-state index in [1.165, 1.54) is 7.11 Å². The molecule has 0 saturated carbocycles. The molecule has 0 amide bonds. The van der Waals surface area contributed by atoms with Gasteiger partial charge in [-0.05, 0) is 18.6 Å². The van der Waals surface area contributed by atoms with Gasteiger partial charge in [0.15, 0.2) is 0 Å². The molecule has 146 valence electrons. The number of carbonyl (C=O) groups excluding carboxylic acids is 2. The summed E-state index contributed by atoms with van der Waals surface area (Å²) >= 11 is 6.38. The van der Waals surface area contributed by atoms with Gasteiger partial charge in [0.05, 0.1) is 25.2 Å². The fraction of sp³-hybridized carbons (Fsp3) is 0.368. The Labute approximate surface area is 163 Å². The van der Waals surface area contributed by atoms with E-state index < -0.39 is 17.9 Å². The van der Waals surface area contributed by atoms with Crippen LogP contribution >= 0.6 is 11.6 Å². The molecule has 2 N–H and O–H groups in total. The third kappa shape index (κ3) is 4.43. The first kappa shape index (κ1) is 20.8. The molecule has 7 nitrogen and oxygen atoms in total. The van der Waals surface area contributed by atoms with Gasteiger partial charge < -0.3 is 24.8 Å². The van der Waals surface area contributed by atoms with E-state index in [2.05, 4.69) is 0 Å². The number of benzene rings is 1. The molecule has 0 bridgehead atoms. The second kappa shape index (κ2) is 9.43. The Bertz CT molecular complexity index is 775. The number of nitrogens with zero attached hydrogens (tertiary/aromatic N) is 1. The molecule has 2 rings (SSSR count).